The Hall–Kier alpha value is -2.14. The van der Waals surface area contributed by atoms with Crippen LogP contribution in [0, 0.1) is 0 Å². The lowest BCUT2D eigenvalue weighted by atomic mass is 10.2. The Kier molecular flexibility index (Phi) is 3.06. The molecule has 0 unspecified atom stereocenters. The van der Waals surface area contributed by atoms with Crippen molar-refractivity contribution in [2.24, 2.45) is 0 Å². The second-order valence-electron chi connectivity index (χ2n) is 3.64. The molecule has 4 nitrogen and oxygen atoms in total. The van der Waals surface area contributed by atoms with Gasteiger partial charge in [-0.25, -0.2) is 15.0 Å². The Balaban J connectivity index is 1.87. The fraction of sp³-hybridized carbons (Fsp3) is 0. The van der Waals surface area contributed by atoms with Crippen LogP contribution in [0.15, 0.2) is 60.1 Å². The number of hydrogen-bond acceptors (Lipinski definition) is 5. The third kappa shape index (κ3) is 2.26. The molecule has 0 aliphatic carbocycles. The average molecular weight is 254 g/mol. The van der Waals surface area contributed by atoms with E-state index < -0.39 is 0 Å². The lowest BCUT2D eigenvalue weighted by molar-refractivity contribution is 1.14. The minimum Gasteiger partial charge on any atom is -0.322 e. The fourth-order valence-corrected chi connectivity index (χ4v) is 2.25. The molecule has 5 heteroatoms. The number of rotatable bonds is 3. The van der Waals surface area contributed by atoms with Crippen molar-refractivity contribution in [2.75, 3.05) is 4.72 Å². The average Bonchev–Trinajstić information content (AvgIpc) is 2.46. The molecule has 0 atom stereocenters. The third-order valence-electron chi connectivity index (χ3n) is 2.44. The van der Waals surface area contributed by atoms with E-state index >= 15 is 0 Å². The monoisotopic (exact) mass is 254 g/mol. The zero-order valence-corrected chi connectivity index (χ0v) is 10.3. The van der Waals surface area contributed by atoms with Crippen LogP contribution in [0.4, 0.5) is 5.69 Å². The third-order valence-corrected chi connectivity index (χ3v) is 3.21. The highest BCUT2D eigenvalue weighted by atomic mass is 32.2. The summed E-state index contributed by atoms with van der Waals surface area (Å²) < 4.78 is 3.27. The lowest BCUT2D eigenvalue weighted by Gasteiger charge is -2.06. The number of hydrogen-bond donors (Lipinski definition) is 1. The lowest BCUT2D eigenvalue weighted by Crippen LogP contribution is -1.91. The molecule has 2 heterocycles. The highest BCUT2D eigenvalue weighted by Gasteiger charge is 2.02. The van der Waals surface area contributed by atoms with Gasteiger partial charge in [-0.2, -0.15) is 0 Å². The largest absolute Gasteiger partial charge is 0.322 e. The highest BCUT2D eigenvalue weighted by Crippen LogP contribution is 2.24. The summed E-state index contributed by atoms with van der Waals surface area (Å²) in [5.41, 5.74) is 1.88. The number of benzene rings is 1. The second kappa shape index (κ2) is 5.01. The van der Waals surface area contributed by atoms with Gasteiger partial charge in [-0.1, -0.05) is 18.2 Å². The SMILES string of the molecule is c1ccc(SNc2cccc3cncnc23)nc1. The summed E-state index contributed by atoms with van der Waals surface area (Å²) in [6.07, 6.45) is 5.13. The topological polar surface area (TPSA) is 50.7 Å². The number of nitrogens with zero attached hydrogens (tertiary/aromatic N) is 3. The Morgan fingerprint density at radius 1 is 1.00 bits per heavy atom. The smallest absolute Gasteiger partial charge is 0.116 e. The van der Waals surface area contributed by atoms with E-state index in [4.69, 9.17) is 0 Å². The van der Waals surface area contributed by atoms with Crippen molar-refractivity contribution in [2.45, 2.75) is 5.03 Å². The summed E-state index contributed by atoms with van der Waals surface area (Å²) in [6, 6.07) is 11.8. The van der Waals surface area contributed by atoms with Gasteiger partial charge in [0, 0.05) is 29.7 Å². The fourth-order valence-electron chi connectivity index (χ4n) is 1.61. The van der Waals surface area contributed by atoms with Crippen LogP contribution in [0.1, 0.15) is 0 Å². The zero-order chi connectivity index (χ0) is 12.2. The van der Waals surface area contributed by atoms with Crippen LogP contribution >= 0.6 is 11.9 Å². The maximum Gasteiger partial charge on any atom is 0.116 e. The van der Waals surface area contributed by atoms with Gasteiger partial charge in [0.15, 0.2) is 0 Å². The molecule has 0 aliphatic rings. The Labute approximate surface area is 109 Å². The minimum absolute atomic E-state index is 0.913. The Bertz CT molecular complexity index is 652. The number of fused-ring (bicyclic) bond motifs is 1. The van der Waals surface area contributed by atoms with Crippen molar-refractivity contribution in [1.82, 2.24) is 15.0 Å². The van der Waals surface area contributed by atoms with Gasteiger partial charge in [0.05, 0.1) is 11.2 Å². The molecule has 0 saturated heterocycles. The predicted octanol–water partition coefficient (Wildman–Crippen LogP) is 3.14. The molecule has 2 aromatic heterocycles. The van der Waals surface area contributed by atoms with Crippen LogP contribution in [-0.2, 0) is 0 Å². The number of aromatic nitrogens is 3. The molecule has 1 aromatic carbocycles. The molecule has 3 rings (SSSR count). The normalized spacial score (nSPS) is 10.4. The first-order valence-corrected chi connectivity index (χ1v) is 6.28. The first-order valence-electron chi connectivity index (χ1n) is 5.46. The van der Waals surface area contributed by atoms with Gasteiger partial charge in [-0.3, -0.25) is 0 Å². The van der Waals surface area contributed by atoms with Crippen molar-refractivity contribution < 1.29 is 0 Å². The minimum atomic E-state index is 0.913. The van der Waals surface area contributed by atoms with Crippen molar-refractivity contribution in [3.05, 3.63) is 55.1 Å². The molecule has 0 bridgehead atoms. The highest BCUT2D eigenvalue weighted by molar-refractivity contribution is 8.00. The van der Waals surface area contributed by atoms with E-state index in [0.717, 1.165) is 21.6 Å². The van der Waals surface area contributed by atoms with Gasteiger partial charge < -0.3 is 4.72 Å². The summed E-state index contributed by atoms with van der Waals surface area (Å²) in [6.45, 7) is 0. The number of anilines is 1. The van der Waals surface area contributed by atoms with Gasteiger partial charge in [-0.05, 0) is 18.2 Å². The zero-order valence-electron chi connectivity index (χ0n) is 9.45. The maximum atomic E-state index is 4.29. The first kappa shape index (κ1) is 11.0. The van der Waals surface area contributed by atoms with Crippen molar-refractivity contribution in [3.8, 4) is 0 Å². The Morgan fingerprint density at radius 3 is 2.89 bits per heavy atom. The van der Waals surface area contributed by atoms with E-state index in [1.807, 2.05) is 36.4 Å². The van der Waals surface area contributed by atoms with E-state index in [1.54, 1.807) is 18.7 Å². The van der Waals surface area contributed by atoms with E-state index in [0.29, 0.717) is 0 Å². The number of nitrogens with one attached hydrogen (secondary N) is 1. The molecule has 0 radical (unpaired) electrons. The number of pyridine rings is 1. The molecule has 0 amide bonds. The van der Waals surface area contributed by atoms with Gasteiger partial charge in [0.1, 0.15) is 11.4 Å². The van der Waals surface area contributed by atoms with E-state index in [9.17, 15) is 0 Å². The molecule has 1 N–H and O–H groups in total. The molecular weight excluding hydrogens is 244 g/mol. The van der Waals surface area contributed by atoms with Crippen LogP contribution in [0.3, 0.4) is 0 Å². The van der Waals surface area contributed by atoms with E-state index in [1.165, 1.54) is 11.9 Å². The van der Waals surface area contributed by atoms with Crippen LogP contribution in [0.5, 0.6) is 0 Å². The second-order valence-corrected chi connectivity index (χ2v) is 4.46. The van der Waals surface area contributed by atoms with Gasteiger partial charge >= 0.3 is 0 Å². The van der Waals surface area contributed by atoms with Crippen LogP contribution < -0.4 is 4.72 Å². The summed E-state index contributed by atoms with van der Waals surface area (Å²) in [7, 11) is 0. The van der Waals surface area contributed by atoms with E-state index in [-0.39, 0.29) is 0 Å². The summed E-state index contributed by atoms with van der Waals surface area (Å²) in [4.78, 5) is 12.5. The molecule has 0 fully saturated rings. The molecule has 88 valence electrons. The van der Waals surface area contributed by atoms with Crippen LogP contribution in [0.2, 0.25) is 0 Å². The quantitative estimate of drug-likeness (QED) is 0.728. The van der Waals surface area contributed by atoms with Crippen LogP contribution in [0.25, 0.3) is 10.9 Å². The van der Waals surface area contributed by atoms with Gasteiger partial charge in [0.25, 0.3) is 0 Å². The summed E-state index contributed by atoms with van der Waals surface area (Å²) >= 11 is 1.47. The standard InChI is InChI=1S/C13H10N4S/c1-2-7-15-12(6-1)18-17-11-5-3-4-10-8-14-9-16-13(10)11/h1-9,17H. The molecular formula is C13H10N4S. The van der Waals surface area contributed by atoms with E-state index in [2.05, 4.69) is 19.7 Å². The van der Waals surface area contributed by atoms with Gasteiger partial charge in [-0.15, -0.1) is 0 Å². The number of para-hydroxylation sites is 1. The predicted molar refractivity (Wildman–Crippen MR) is 73.3 cm³/mol. The molecule has 0 saturated carbocycles. The van der Waals surface area contributed by atoms with Crippen LogP contribution in [-0.4, -0.2) is 15.0 Å². The first-order chi connectivity index (χ1) is 8.93. The molecule has 3 aromatic rings. The maximum absolute atomic E-state index is 4.29. The van der Waals surface area contributed by atoms with Crippen molar-refractivity contribution in [3.63, 3.8) is 0 Å². The van der Waals surface area contributed by atoms with Gasteiger partial charge in [0.2, 0.25) is 0 Å². The summed E-state index contributed by atoms with van der Waals surface area (Å²) in [5, 5.41) is 1.94. The van der Waals surface area contributed by atoms with Crippen molar-refractivity contribution >= 4 is 28.5 Å². The molecule has 18 heavy (non-hydrogen) atoms. The molecule has 0 spiro atoms. The van der Waals surface area contributed by atoms with Crippen molar-refractivity contribution in [1.29, 1.82) is 0 Å². The molecule has 0 aliphatic heterocycles. The summed E-state index contributed by atoms with van der Waals surface area (Å²) in [5.74, 6) is 0. The Morgan fingerprint density at radius 2 is 2.00 bits per heavy atom.